The Kier molecular flexibility index (Phi) is 5.23. The van der Waals surface area contributed by atoms with Crippen molar-refractivity contribution in [2.24, 2.45) is 5.92 Å². The van der Waals surface area contributed by atoms with E-state index in [4.69, 9.17) is 5.11 Å². The van der Waals surface area contributed by atoms with Gasteiger partial charge in [-0.3, -0.25) is 4.79 Å². The molecule has 2 amide bonds. The lowest BCUT2D eigenvalue weighted by atomic mass is 9.84. The molecule has 0 aromatic heterocycles. The lowest BCUT2D eigenvalue weighted by molar-refractivity contribution is -0.137. The lowest BCUT2D eigenvalue weighted by Crippen LogP contribution is -2.59. The first-order chi connectivity index (χ1) is 9.54. The van der Waals surface area contributed by atoms with Crippen molar-refractivity contribution in [1.29, 1.82) is 0 Å². The molecule has 3 aliphatic heterocycles. The van der Waals surface area contributed by atoms with Gasteiger partial charge in [0.05, 0.1) is 0 Å². The zero-order valence-electron chi connectivity index (χ0n) is 12.1. The van der Waals surface area contributed by atoms with Crippen LogP contribution < -0.4 is 10.6 Å². The molecular formula is C14H25N3O3. The number of hydrogen-bond donors (Lipinski definition) is 3. The largest absolute Gasteiger partial charge is 0.481 e. The molecule has 20 heavy (non-hydrogen) atoms. The number of nitrogens with one attached hydrogen (secondary N) is 2. The number of urea groups is 1. The molecule has 3 aliphatic rings. The molecule has 2 atom stereocenters. The van der Waals surface area contributed by atoms with E-state index >= 15 is 0 Å². The molecule has 3 N–H and O–H groups in total. The molecule has 0 aliphatic carbocycles. The topological polar surface area (TPSA) is 81.7 Å². The first kappa shape index (κ1) is 15.1. The molecule has 3 heterocycles. The van der Waals surface area contributed by atoms with Crippen LogP contribution in [0.25, 0.3) is 0 Å². The first-order valence-electron chi connectivity index (χ1n) is 7.56. The van der Waals surface area contributed by atoms with Gasteiger partial charge in [0.2, 0.25) is 0 Å². The van der Waals surface area contributed by atoms with Crippen molar-refractivity contribution in [2.45, 2.75) is 51.1 Å². The highest BCUT2D eigenvalue weighted by atomic mass is 16.4. The number of nitrogens with zero attached hydrogens (tertiary/aromatic N) is 1. The van der Waals surface area contributed by atoms with Crippen molar-refractivity contribution < 1.29 is 14.7 Å². The summed E-state index contributed by atoms with van der Waals surface area (Å²) in [5.74, 6) is -0.165. The molecule has 2 unspecified atom stereocenters. The zero-order chi connectivity index (χ0) is 14.5. The maximum Gasteiger partial charge on any atom is 0.315 e. The molecule has 3 fully saturated rings. The molecule has 0 radical (unpaired) electrons. The number of amides is 2. The predicted octanol–water partition coefficient (Wildman–Crippen LogP) is 1.02. The number of carboxylic acids is 1. The van der Waals surface area contributed by atoms with Crippen LogP contribution in [0.5, 0.6) is 0 Å². The quantitative estimate of drug-likeness (QED) is 0.680. The van der Waals surface area contributed by atoms with E-state index < -0.39 is 5.97 Å². The Hall–Kier alpha value is -1.30. The van der Waals surface area contributed by atoms with Crippen LogP contribution in [0.4, 0.5) is 4.79 Å². The highest BCUT2D eigenvalue weighted by Crippen LogP contribution is 2.27. The van der Waals surface area contributed by atoms with Gasteiger partial charge >= 0.3 is 12.0 Å². The molecule has 114 valence electrons. The van der Waals surface area contributed by atoms with Crippen LogP contribution in [-0.4, -0.2) is 53.7 Å². The fraction of sp³-hybridized carbons (Fsp3) is 0.857. The van der Waals surface area contributed by atoms with Crippen LogP contribution in [-0.2, 0) is 4.79 Å². The summed E-state index contributed by atoms with van der Waals surface area (Å²) in [7, 11) is 0. The molecule has 0 aromatic carbocycles. The molecular weight excluding hydrogens is 258 g/mol. The monoisotopic (exact) mass is 283 g/mol. The maximum absolute atomic E-state index is 11.9. The Bertz CT molecular complexity index is 354. The second kappa shape index (κ2) is 6.92. The summed E-state index contributed by atoms with van der Waals surface area (Å²) >= 11 is 0. The SMILES string of the molecule is CC(CCCC(=O)O)NC(=O)NC1CN2CCC1CC2. The van der Waals surface area contributed by atoms with Crippen molar-refractivity contribution in [3.05, 3.63) is 0 Å². The highest BCUT2D eigenvalue weighted by Gasteiger charge is 2.34. The van der Waals surface area contributed by atoms with Gasteiger partial charge in [0, 0.05) is 25.0 Å². The maximum atomic E-state index is 11.9. The van der Waals surface area contributed by atoms with Gasteiger partial charge in [0.1, 0.15) is 0 Å². The lowest BCUT2D eigenvalue weighted by Gasteiger charge is -2.44. The van der Waals surface area contributed by atoms with Gasteiger partial charge in [-0.25, -0.2) is 4.79 Å². The normalized spacial score (nSPS) is 29.8. The van der Waals surface area contributed by atoms with Gasteiger partial charge in [-0.05, 0) is 51.6 Å². The second-order valence-electron chi connectivity index (χ2n) is 6.05. The van der Waals surface area contributed by atoms with Crippen LogP contribution in [0.3, 0.4) is 0 Å². The van der Waals surface area contributed by atoms with Gasteiger partial charge in [0.25, 0.3) is 0 Å². The Morgan fingerprint density at radius 1 is 1.35 bits per heavy atom. The van der Waals surface area contributed by atoms with Crippen LogP contribution in [0.1, 0.15) is 39.0 Å². The van der Waals surface area contributed by atoms with E-state index in [2.05, 4.69) is 15.5 Å². The molecule has 2 bridgehead atoms. The third kappa shape index (κ3) is 4.37. The number of piperidine rings is 3. The molecule has 6 nitrogen and oxygen atoms in total. The van der Waals surface area contributed by atoms with Crippen LogP contribution >= 0.6 is 0 Å². The van der Waals surface area contributed by atoms with Crippen LogP contribution in [0.2, 0.25) is 0 Å². The third-order valence-corrected chi connectivity index (χ3v) is 4.38. The second-order valence-corrected chi connectivity index (χ2v) is 6.05. The van der Waals surface area contributed by atoms with Crippen molar-refractivity contribution in [3.8, 4) is 0 Å². The van der Waals surface area contributed by atoms with E-state index in [1.165, 1.54) is 12.8 Å². The van der Waals surface area contributed by atoms with Gasteiger partial charge in [-0.15, -0.1) is 0 Å². The molecule has 0 spiro atoms. The third-order valence-electron chi connectivity index (χ3n) is 4.38. The minimum Gasteiger partial charge on any atom is -0.481 e. The van der Waals surface area contributed by atoms with E-state index in [9.17, 15) is 9.59 Å². The molecule has 0 saturated carbocycles. The van der Waals surface area contributed by atoms with Gasteiger partial charge < -0.3 is 20.6 Å². The minimum atomic E-state index is -0.783. The standard InChI is InChI=1S/C14H25N3O3/c1-10(3-2-4-13(18)19)15-14(20)16-12-9-17-7-5-11(12)6-8-17/h10-12H,2-9H2,1H3,(H,18,19)(H2,15,16,20). The van der Waals surface area contributed by atoms with Crippen LogP contribution in [0.15, 0.2) is 0 Å². The Morgan fingerprint density at radius 2 is 2.05 bits per heavy atom. The van der Waals surface area contributed by atoms with Gasteiger partial charge in [-0.2, -0.15) is 0 Å². The Morgan fingerprint density at radius 3 is 2.60 bits per heavy atom. The zero-order valence-corrected chi connectivity index (χ0v) is 12.1. The molecule has 3 saturated heterocycles. The number of rotatable bonds is 6. The highest BCUT2D eigenvalue weighted by molar-refractivity contribution is 5.74. The molecule has 3 rings (SSSR count). The van der Waals surface area contributed by atoms with Gasteiger partial charge in [-0.1, -0.05) is 0 Å². The number of aliphatic carboxylic acids is 1. The number of carboxylic acid groups (broad SMARTS) is 1. The van der Waals surface area contributed by atoms with E-state index in [1.807, 2.05) is 6.92 Å². The summed E-state index contributed by atoms with van der Waals surface area (Å²) in [4.78, 5) is 24.8. The Balaban J connectivity index is 1.66. The number of hydrogen-bond acceptors (Lipinski definition) is 3. The smallest absolute Gasteiger partial charge is 0.315 e. The number of fused-ring (bicyclic) bond motifs is 3. The predicted molar refractivity (Wildman–Crippen MR) is 75.6 cm³/mol. The fourth-order valence-electron chi connectivity index (χ4n) is 3.19. The van der Waals surface area contributed by atoms with Gasteiger partial charge in [0.15, 0.2) is 0 Å². The van der Waals surface area contributed by atoms with E-state index in [0.717, 1.165) is 19.6 Å². The van der Waals surface area contributed by atoms with E-state index in [0.29, 0.717) is 18.8 Å². The van der Waals surface area contributed by atoms with Crippen LogP contribution in [0, 0.1) is 5.92 Å². The number of carbonyl (C=O) groups is 2. The average molecular weight is 283 g/mol. The summed E-state index contributed by atoms with van der Waals surface area (Å²) in [5.41, 5.74) is 0. The van der Waals surface area contributed by atoms with Crippen molar-refractivity contribution in [3.63, 3.8) is 0 Å². The van der Waals surface area contributed by atoms with Crippen molar-refractivity contribution in [2.75, 3.05) is 19.6 Å². The van der Waals surface area contributed by atoms with E-state index in [-0.39, 0.29) is 24.5 Å². The summed E-state index contributed by atoms with van der Waals surface area (Å²) in [6.07, 6.45) is 3.81. The fourth-order valence-corrected chi connectivity index (χ4v) is 3.19. The minimum absolute atomic E-state index is 0.00966. The summed E-state index contributed by atoms with van der Waals surface area (Å²) in [5, 5.41) is 14.6. The van der Waals surface area contributed by atoms with Crippen molar-refractivity contribution in [1.82, 2.24) is 15.5 Å². The van der Waals surface area contributed by atoms with Crippen molar-refractivity contribution >= 4 is 12.0 Å². The summed E-state index contributed by atoms with van der Waals surface area (Å²) in [6, 6.07) is 0.158. The average Bonchev–Trinajstić information content (AvgIpc) is 2.39. The molecule has 0 aromatic rings. The number of carbonyl (C=O) groups excluding carboxylic acids is 1. The molecule has 6 heteroatoms. The first-order valence-corrected chi connectivity index (χ1v) is 7.56. The summed E-state index contributed by atoms with van der Waals surface area (Å²) < 4.78 is 0. The van der Waals surface area contributed by atoms with E-state index in [1.54, 1.807) is 0 Å². The summed E-state index contributed by atoms with van der Waals surface area (Å²) in [6.45, 7) is 5.20. The Labute approximate surface area is 119 Å².